The van der Waals surface area contributed by atoms with Gasteiger partial charge < -0.3 is 5.32 Å². The largest absolute Gasteiger partial charge is 0.310 e. The first kappa shape index (κ1) is 8.68. The summed E-state index contributed by atoms with van der Waals surface area (Å²) in [6, 6.07) is 0. The second-order valence-electron chi connectivity index (χ2n) is 2.95. The van der Waals surface area contributed by atoms with Crippen molar-refractivity contribution >= 4 is 11.3 Å². The van der Waals surface area contributed by atoms with Crippen molar-refractivity contribution in [2.75, 3.05) is 6.54 Å². The quantitative estimate of drug-likeness (QED) is 0.746. The lowest BCUT2D eigenvalue weighted by Crippen LogP contribution is -2.18. The Balaban J connectivity index is 2.14. The van der Waals surface area contributed by atoms with E-state index in [0.29, 0.717) is 0 Å². The summed E-state index contributed by atoms with van der Waals surface area (Å²) in [6.07, 6.45) is 1.84. The molecule has 0 atom stereocenters. The SMILES string of the molecule is CC(C)CNCc1nccs1. The van der Waals surface area contributed by atoms with Crippen LogP contribution in [0.2, 0.25) is 0 Å². The van der Waals surface area contributed by atoms with Crippen LogP contribution < -0.4 is 5.32 Å². The molecule has 11 heavy (non-hydrogen) atoms. The number of hydrogen-bond donors (Lipinski definition) is 1. The van der Waals surface area contributed by atoms with Gasteiger partial charge in [-0.1, -0.05) is 13.8 Å². The lowest BCUT2D eigenvalue weighted by atomic mass is 10.2. The molecule has 0 fully saturated rings. The number of nitrogens with zero attached hydrogens (tertiary/aromatic N) is 1. The fourth-order valence-electron chi connectivity index (χ4n) is 0.808. The van der Waals surface area contributed by atoms with E-state index in [-0.39, 0.29) is 0 Å². The van der Waals surface area contributed by atoms with E-state index in [9.17, 15) is 0 Å². The highest BCUT2D eigenvalue weighted by Gasteiger charge is 1.95. The molecule has 0 saturated carbocycles. The van der Waals surface area contributed by atoms with Gasteiger partial charge in [0.25, 0.3) is 0 Å². The summed E-state index contributed by atoms with van der Waals surface area (Å²) in [4.78, 5) is 4.17. The monoisotopic (exact) mass is 170 g/mol. The molecule has 62 valence electrons. The first-order chi connectivity index (χ1) is 5.29. The number of nitrogens with one attached hydrogen (secondary N) is 1. The molecule has 0 aromatic carbocycles. The Kier molecular flexibility index (Phi) is 3.52. The Hall–Kier alpha value is -0.410. The Labute approximate surface area is 71.7 Å². The van der Waals surface area contributed by atoms with Crippen LogP contribution in [0.15, 0.2) is 11.6 Å². The smallest absolute Gasteiger partial charge is 0.106 e. The van der Waals surface area contributed by atoms with Crippen LogP contribution in [0.5, 0.6) is 0 Å². The second kappa shape index (κ2) is 4.46. The molecule has 0 aliphatic rings. The van der Waals surface area contributed by atoms with Crippen LogP contribution in [0, 0.1) is 5.92 Å². The third-order valence-corrected chi connectivity index (χ3v) is 2.09. The van der Waals surface area contributed by atoms with Gasteiger partial charge in [0.15, 0.2) is 0 Å². The van der Waals surface area contributed by atoms with Gasteiger partial charge in [0.1, 0.15) is 5.01 Å². The summed E-state index contributed by atoms with van der Waals surface area (Å²) in [6.45, 7) is 6.39. The van der Waals surface area contributed by atoms with Gasteiger partial charge in [-0.15, -0.1) is 11.3 Å². The van der Waals surface area contributed by atoms with Crippen molar-refractivity contribution in [3.63, 3.8) is 0 Å². The van der Waals surface area contributed by atoms with Crippen LogP contribution in [0.3, 0.4) is 0 Å². The Morgan fingerprint density at radius 1 is 1.64 bits per heavy atom. The molecule has 0 aliphatic heterocycles. The number of thiazole rings is 1. The van der Waals surface area contributed by atoms with Gasteiger partial charge in [0, 0.05) is 18.1 Å². The van der Waals surface area contributed by atoms with Crippen LogP contribution in [0.4, 0.5) is 0 Å². The van der Waals surface area contributed by atoms with Crippen molar-refractivity contribution in [3.05, 3.63) is 16.6 Å². The highest BCUT2D eigenvalue weighted by atomic mass is 32.1. The zero-order valence-electron chi connectivity index (χ0n) is 7.00. The summed E-state index contributed by atoms with van der Waals surface area (Å²) < 4.78 is 0. The molecule has 0 amide bonds. The van der Waals surface area contributed by atoms with Gasteiger partial charge in [-0.2, -0.15) is 0 Å². The highest BCUT2D eigenvalue weighted by molar-refractivity contribution is 7.09. The molecule has 0 unspecified atom stereocenters. The Morgan fingerprint density at radius 3 is 3.00 bits per heavy atom. The third-order valence-electron chi connectivity index (χ3n) is 1.31. The molecule has 1 heterocycles. The van der Waals surface area contributed by atoms with E-state index in [1.807, 2.05) is 11.6 Å². The van der Waals surface area contributed by atoms with E-state index < -0.39 is 0 Å². The van der Waals surface area contributed by atoms with Crippen LogP contribution in [-0.2, 0) is 6.54 Å². The predicted octanol–water partition coefficient (Wildman–Crippen LogP) is 1.89. The fraction of sp³-hybridized carbons (Fsp3) is 0.625. The van der Waals surface area contributed by atoms with Crippen LogP contribution >= 0.6 is 11.3 Å². The Bertz CT molecular complexity index is 182. The van der Waals surface area contributed by atoms with Gasteiger partial charge in [-0.05, 0) is 12.5 Å². The zero-order chi connectivity index (χ0) is 8.10. The van der Waals surface area contributed by atoms with E-state index in [2.05, 4.69) is 24.1 Å². The first-order valence-corrected chi connectivity index (χ1v) is 4.76. The van der Waals surface area contributed by atoms with Crippen molar-refractivity contribution in [2.24, 2.45) is 5.92 Å². The normalized spacial score (nSPS) is 10.8. The number of hydrogen-bond acceptors (Lipinski definition) is 3. The van der Waals surface area contributed by atoms with Crippen LogP contribution in [-0.4, -0.2) is 11.5 Å². The van der Waals surface area contributed by atoms with E-state index >= 15 is 0 Å². The summed E-state index contributed by atoms with van der Waals surface area (Å²) >= 11 is 1.70. The molecule has 1 aromatic heterocycles. The highest BCUT2D eigenvalue weighted by Crippen LogP contribution is 2.02. The number of rotatable bonds is 4. The average molecular weight is 170 g/mol. The summed E-state index contributed by atoms with van der Waals surface area (Å²) in [7, 11) is 0. The van der Waals surface area contributed by atoms with Gasteiger partial charge in [0.05, 0.1) is 0 Å². The van der Waals surface area contributed by atoms with Gasteiger partial charge in [0.2, 0.25) is 0 Å². The molecule has 1 rings (SSSR count). The number of aromatic nitrogens is 1. The van der Waals surface area contributed by atoms with E-state index in [0.717, 1.165) is 19.0 Å². The minimum Gasteiger partial charge on any atom is -0.310 e. The van der Waals surface area contributed by atoms with Gasteiger partial charge >= 0.3 is 0 Å². The molecule has 0 aliphatic carbocycles. The second-order valence-corrected chi connectivity index (χ2v) is 3.93. The van der Waals surface area contributed by atoms with E-state index in [1.54, 1.807) is 11.3 Å². The van der Waals surface area contributed by atoms with E-state index in [1.165, 1.54) is 5.01 Å². The Morgan fingerprint density at radius 2 is 2.45 bits per heavy atom. The predicted molar refractivity (Wildman–Crippen MR) is 48.7 cm³/mol. The lowest BCUT2D eigenvalue weighted by Gasteiger charge is -2.04. The minimum atomic E-state index is 0.718. The fourth-order valence-corrected chi connectivity index (χ4v) is 1.39. The van der Waals surface area contributed by atoms with Gasteiger partial charge in [-0.3, -0.25) is 0 Å². The molecule has 0 saturated heterocycles. The van der Waals surface area contributed by atoms with Crippen LogP contribution in [0.1, 0.15) is 18.9 Å². The van der Waals surface area contributed by atoms with Crippen molar-refractivity contribution in [3.8, 4) is 0 Å². The maximum absolute atomic E-state index is 4.17. The molecule has 0 spiro atoms. The zero-order valence-corrected chi connectivity index (χ0v) is 7.82. The molecular weight excluding hydrogens is 156 g/mol. The summed E-state index contributed by atoms with van der Waals surface area (Å²) in [5.41, 5.74) is 0. The maximum atomic E-state index is 4.17. The van der Waals surface area contributed by atoms with Crippen molar-refractivity contribution in [1.82, 2.24) is 10.3 Å². The lowest BCUT2D eigenvalue weighted by molar-refractivity contribution is 0.551. The third kappa shape index (κ3) is 3.49. The first-order valence-electron chi connectivity index (χ1n) is 3.88. The molecule has 3 heteroatoms. The van der Waals surface area contributed by atoms with Crippen molar-refractivity contribution < 1.29 is 0 Å². The average Bonchev–Trinajstić information content (AvgIpc) is 2.39. The van der Waals surface area contributed by atoms with Crippen molar-refractivity contribution in [1.29, 1.82) is 0 Å². The molecule has 0 radical (unpaired) electrons. The molecule has 2 nitrogen and oxygen atoms in total. The van der Waals surface area contributed by atoms with Crippen molar-refractivity contribution in [2.45, 2.75) is 20.4 Å². The molecule has 0 bridgehead atoms. The molecule has 1 N–H and O–H groups in total. The minimum absolute atomic E-state index is 0.718. The summed E-state index contributed by atoms with van der Waals surface area (Å²) in [5, 5.41) is 6.51. The standard InChI is InChI=1S/C8H14N2S/c1-7(2)5-9-6-8-10-3-4-11-8/h3-4,7,9H,5-6H2,1-2H3. The molecular formula is C8H14N2S. The maximum Gasteiger partial charge on any atom is 0.106 e. The summed E-state index contributed by atoms with van der Waals surface area (Å²) in [5.74, 6) is 0.718. The topological polar surface area (TPSA) is 24.9 Å². The van der Waals surface area contributed by atoms with E-state index in [4.69, 9.17) is 0 Å². The molecule has 1 aromatic rings. The van der Waals surface area contributed by atoms with Gasteiger partial charge in [-0.25, -0.2) is 4.98 Å². The van der Waals surface area contributed by atoms with Crippen LogP contribution in [0.25, 0.3) is 0 Å².